The summed E-state index contributed by atoms with van der Waals surface area (Å²) < 4.78 is 1.95. The van der Waals surface area contributed by atoms with Crippen LogP contribution in [0.3, 0.4) is 0 Å². The molecule has 34 heavy (non-hydrogen) atoms. The number of pyridine rings is 2. The molecule has 5 aromatic rings. The van der Waals surface area contributed by atoms with E-state index < -0.39 is 0 Å². The lowest BCUT2D eigenvalue weighted by Gasteiger charge is -2.14. The third-order valence-electron chi connectivity index (χ3n) is 6.21. The summed E-state index contributed by atoms with van der Waals surface area (Å²) in [5, 5.41) is 0.524. The van der Waals surface area contributed by atoms with Gasteiger partial charge in [0, 0.05) is 22.7 Å². The fraction of sp³-hybridized carbons (Fsp3) is 0.100. The van der Waals surface area contributed by atoms with Crippen LogP contribution in [0.1, 0.15) is 32.7 Å². The predicted octanol–water partition coefficient (Wildman–Crippen LogP) is 5.96. The van der Waals surface area contributed by atoms with E-state index in [1.807, 2.05) is 97.3 Å². The number of ketones is 1. The molecule has 0 atom stereocenters. The standard InChI is InChI=1S/C30H24N2O2/c1-20-15-16-23(17-21(20)2)29(33)26-19-32(28-14-7-6-12-25(28)30(26)34)18-24-11-8-13-27(31-24)22-9-4-3-5-10-22/h3-17,19H,18H2,1-2H3. The molecule has 0 N–H and O–H groups in total. The highest BCUT2D eigenvalue weighted by Crippen LogP contribution is 2.20. The number of aromatic nitrogens is 2. The largest absolute Gasteiger partial charge is 0.340 e. The van der Waals surface area contributed by atoms with Crippen LogP contribution in [0.5, 0.6) is 0 Å². The minimum Gasteiger partial charge on any atom is -0.340 e. The van der Waals surface area contributed by atoms with Gasteiger partial charge in [-0.15, -0.1) is 0 Å². The lowest BCUT2D eigenvalue weighted by atomic mass is 9.99. The number of hydrogen-bond donors (Lipinski definition) is 0. The first-order chi connectivity index (χ1) is 16.5. The van der Waals surface area contributed by atoms with E-state index in [0.717, 1.165) is 33.6 Å². The second-order valence-electron chi connectivity index (χ2n) is 8.53. The van der Waals surface area contributed by atoms with Crippen molar-refractivity contribution in [3.63, 3.8) is 0 Å². The van der Waals surface area contributed by atoms with Gasteiger partial charge < -0.3 is 4.57 Å². The predicted molar refractivity (Wildman–Crippen MR) is 136 cm³/mol. The average Bonchev–Trinajstić information content (AvgIpc) is 2.88. The highest BCUT2D eigenvalue weighted by molar-refractivity contribution is 6.10. The number of nitrogens with zero attached hydrogens (tertiary/aromatic N) is 2. The van der Waals surface area contributed by atoms with Crippen LogP contribution in [-0.4, -0.2) is 15.3 Å². The van der Waals surface area contributed by atoms with Crippen molar-refractivity contribution in [1.82, 2.24) is 9.55 Å². The monoisotopic (exact) mass is 444 g/mol. The van der Waals surface area contributed by atoms with Gasteiger partial charge in [-0.05, 0) is 55.3 Å². The molecule has 0 aliphatic heterocycles. The van der Waals surface area contributed by atoms with Gasteiger partial charge in [0.25, 0.3) is 0 Å². The number of fused-ring (bicyclic) bond motifs is 1. The van der Waals surface area contributed by atoms with Gasteiger partial charge in [-0.1, -0.05) is 60.7 Å². The van der Waals surface area contributed by atoms with Crippen LogP contribution in [-0.2, 0) is 6.54 Å². The van der Waals surface area contributed by atoms with Crippen LogP contribution in [0.4, 0.5) is 0 Å². The fourth-order valence-corrected chi connectivity index (χ4v) is 4.19. The van der Waals surface area contributed by atoms with Gasteiger partial charge in [0.15, 0.2) is 5.78 Å². The first-order valence-electron chi connectivity index (χ1n) is 11.3. The molecule has 4 nitrogen and oxygen atoms in total. The van der Waals surface area contributed by atoms with Gasteiger partial charge in [0.05, 0.1) is 29.0 Å². The van der Waals surface area contributed by atoms with Crippen molar-refractivity contribution in [3.05, 3.63) is 135 Å². The smallest absolute Gasteiger partial charge is 0.200 e. The molecule has 0 aliphatic rings. The average molecular weight is 445 g/mol. The lowest BCUT2D eigenvalue weighted by Crippen LogP contribution is -2.20. The Morgan fingerprint density at radius 1 is 0.824 bits per heavy atom. The SMILES string of the molecule is Cc1ccc(C(=O)c2cn(Cc3cccc(-c4ccccc4)n3)c3ccccc3c2=O)cc1C. The molecule has 166 valence electrons. The normalized spacial score (nSPS) is 11.0. The molecule has 0 fully saturated rings. The van der Waals surface area contributed by atoms with Gasteiger partial charge >= 0.3 is 0 Å². The molecule has 0 spiro atoms. The minimum atomic E-state index is -0.265. The van der Waals surface area contributed by atoms with Crippen molar-refractivity contribution in [3.8, 4) is 11.3 Å². The molecule has 0 saturated heterocycles. The first kappa shape index (κ1) is 21.5. The topological polar surface area (TPSA) is 52.0 Å². The van der Waals surface area contributed by atoms with E-state index in [1.165, 1.54) is 0 Å². The van der Waals surface area contributed by atoms with Gasteiger partial charge in [-0.2, -0.15) is 0 Å². The number of para-hydroxylation sites is 1. The van der Waals surface area contributed by atoms with E-state index >= 15 is 0 Å². The number of hydrogen-bond acceptors (Lipinski definition) is 3. The van der Waals surface area contributed by atoms with Gasteiger partial charge in [0.1, 0.15) is 0 Å². The number of carbonyl (C=O) groups is 1. The highest BCUT2D eigenvalue weighted by atomic mass is 16.1. The van der Waals surface area contributed by atoms with Crippen LogP contribution in [0, 0.1) is 13.8 Å². The molecule has 0 unspecified atom stereocenters. The maximum atomic E-state index is 13.4. The summed E-state index contributed by atoms with van der Waals surface area (Å²) in [7, 11) is 0. The van der Waals surface area contributed by atoms with Crippen molar-refractivity contribution in [2.24, 2.45) is 0 Å². The number of aryl methyl sites for hydroxylation is 2. The van der Waals surface area contributed by atoms with E-state index in [0.29, 0.717) is 17.5 Å². The van der Waals surface area contributed by atoms with E-state index in [2.05, 4.69) is 0 Å². The van der Waals surface area contributed by atoms with E-state index in [9.17, 15) is 9.59 Å². The molecular formula is C30H24N2O2. The Morgan fingerprint density at radius 3 is 2.38 bits per heavy atom. The molecule has 0 saturated carbocycles. The molecule has 0 amide bonds. The van der Waals surface area contributed by atoms with Gasteiger partial charge in [-0.3, -0.25) is 14.6 Å². The van der Waals surface area contributed by atoms with Crippen LogP contribution < -0.4 is 5.43 Å². The van der Waals surface area contributed by atoms with Gasteiger partial charge in [-0.25, -0.2) is 0 Å². The minimum absolute atomic E-state index is 0.168. The molecule has 0 radical (unpaired) electrons. The number of carbonyl (C=O) groups excluding carboxylic acids is 1. The molecule has 2 aromatic heterocycles. The fourth-order valence-electron chi connectivity index (χ4n) is 4.19. The maximum absolute atomic E-state index is 13.4. The summed E-state index contributed by atoms with van der Waals surface area (Å²) in [6.07, 6.45) is 1.68. The van der Waals surface area contributed by atoms with Crippen molar-refractivity contribution >= 4 is 16.7 Å². The van der Waals surface area contributed by atoms with E-state index in [1.54, 1.807) is 18.3 Å². The highest BCUT2D eigenvalue weighted by Gasteiger charge is 2.18. The number of benzene rings is 3. The summed E-state index contributed by atoms with van der Waals surface area (Å²) in [6.45, 7) is 4.41. The summed E-state index contributed by atoms with van der Waals surface area (Å²) in [6, 6.07) is 28.9. The zero-order chi connectivity index (χ0) is 23.7. The second kappa shape index (κ2) is 8.91. The molecule has 2 heterocycles. The quantitative estimate of drug-likeness (QED) is 0.314. The number of rotatable bonds is 5. The zero-order valence-corrected chi connectivity index (χ0v) is 19.2. The summed E-state index contributed by atoms with van der Waals surface area (Å²) in [5.41, 5.74) is 6.12. The van der Waals surface area contributed by atoms with Crippen LogP contribution in [0.15, 0.2) is 102 Å². The van der Waals surface area contributed by atoms with Crippen molar-refractivity contribution in [2.75, 3.05) is 0 Å². The summed E-state index contributed by atoms with van der Waals surface area (Å²) >= 11 is 0. The Balaban J connectivity index is 1.61. The Kier molecular flexibility index (Phi) is 5.64. The molecule has 0 aliphatic carbocycles. The molecule has 3 aromatic carbocycles. The molecular weight excluding hydrogens is 420 g/mol. The van der Waals surface area contributed by atoms with E-state index in [4.69, 9.17) is 4.98 Å². The van der Waals surface area contributed by atoms with Crippen LogP contribution in [0.2, 0.25) is 0 Å². The second-order valence-corrected chi connectivity index (χ2v) is 8.53. The van der Waals surface area contributed by atoms with Crippen LogP contribution in [0.25, 0.3) is 22.2 Å². The Labute approximate surface area is 198 Å². The summed E-state index contributed by atoms with van der Waals surface area (Å²) in [4.78, 5) is 31.5. The Bertz CT molecular complexity index is 1580. The molecule has 4 heteroatoms. The zero-order valence-electron chi connectivity index (χ0n) is 19.2. The van der Waals surface area contributed by atoms with Crippen molar-refractivity contribution in [1.29, 1.82) is 0 Å². The van der Waals surface area contributed by atoms with Gasteiger partial charge in [0.2, 0.25) is 5.43 Å². The summed E-state index contributed by atoms with van der Waals surface area (Å²) in [5.74, 6) is -0.265. The Hall–Kier alpha value is -4.31. The molecule has 5 rings (SSSR count). The third kappa shape index (κ3) is 4.06. The first-order valence-corrected chi connectivity index (χ1v) is 11.3. The van der Waals surface area contributed by atoms with Crippen LogP contribution >= 0.6 is 0 Å². The van der Waals surface area contributed by atoms with Crippen molar-refractivity contribution < 1.29 is 4.79 Å². The van der Waals surface area contributed by atoms with Crippen molar-refractivity contribution in [2.45, 2.75) is 20.4 Å². The lowest BCUT2D eigenvalue weighted by molar-refractivity contribution is 0.103. The maximum Gasteiger partial charge on any atom is 0.200 e. The molecule has 0 bridgehead atoms. The third-order valence-corrected chi connectivity index (χ3v) is 6.21. The Morgan fingerprint density at radius 2 is 1.59 bits per heavy atom. The van der Waals surface area contributed by atoms with E-state index in [-0.39, 0.29) is 16.8 Å².